The minimum Gasteiger partial charge on any atom is -0.491 e. The van der Waals surface area contributed by atoms with Crippen molar-refractivity contribution in [3.05, 3.63) is 24.3 Å². The number of benzene rings is 1. The second-order valence-electron chi connectivity index (χ2n) is 5.30. The molecule has 1 aliphatic heterocycles. The van der Waals surface area contributed by atoms with Crippen LogP contribution in [0.1, 0.15) is 13.8 Å². The molecule has 5 nitrogen and oxygen atoms in total. The monoisotopic (exact) mass is 333 g/mol. The van der Waals surface area contributed by atoms with Crippen LogP contribution >= 0.6 is 10.7 Å². The van der Waals surface area contributed by atoms with Gasteiger partial charge in [0, 0.05) is 29.8 Å². The molecule has 0 aromatic heterocycles. The van der Waals surface area contributed by atoms with Crippen LogP contribution in [0.4, 0.5) is 0 Å². The van der Waals surface area contributed by atoms with Crippen LogP contribution in [0.5, 0.6) is 5.75 Å². The third kappa shape index (κ3) is 4.85. The molecule has 1 fully saturated rings. The molecule has 0 spiro atoms. The molecule has 0 amide bonds. The zero-order valence-electron chi connectivity index (χ0n) is 12.2. The summed E-state index contributed by atoms with van der Waals surface area (Å²) in [5.74, 6) is 0.601. The summed E-state index contributed by atoms with van der Waals surface area (Å²) in [5.41, 5.74) is 0. The van der Waals surface area contributed by atoms with Gasteiger partial charge in [0.05, 0.1) is 11.5 Å². The van der Waals surface area contributed by atoms with E-state index < -0.39 is 9.05 Å². The van der Waals surface area contributed by atoms with E-state index in [0.717, 1.165) is 13.1 Å². The second-order valence-corrected chi connectivity index (χ2v) is 7.87. The standard InChI is InChI=1S/C14H20ClNO4S/c1-11(2)16-7-8-19-13(9-16)10-20-12-3-5-14(6-4-12)21(15,17)18/h3-6,11,13H,7-10H2,1-2H3. The van der Waals surface area contributed by atoms with Crippen LogP contribution in [0.25, 0.3) is 0 Å². The first kappa shape index (κ1) is 16.5. The smallest absolute Gasteiger partial charge is 0.261 e. The Morgan fingerprint density at radius 2 is 2.05 bits per heavy atom. The fourth-order valence-electron chi connectivity index (χ4n) is 2.20. The Balaban J connectivity index is 1.88. The van der Waals surface area contributed by atoms with Gasteiger partial charge in [0.15, 0.2) is 0 Å². The van der Waals surface area contributed by atoms with E-state index in [-0.39, 0.29) is 11.0 Å². The Bertz CT molecular complexity index is 559. The third-order valence-electron chi connectivity index (χ3n) is 3.44. The molecule has 1 aromatic carbocycles. The summed E-state index contributed by atoms with van der Waals surface area (Å²) in [6.45, 7) is 7.25. The molecule has 0 radical (unpaired) electrons. The van der Waals surface area contributed by atoms with Crippen molar-refractivity contribution in [3.63, 3.8) is 0 Å². The molecule has 2 rings (SSSR count). The fraction of sp³-hybridized carbons (Fsp3) is 0.571. The Kier molecular flexibility index (Phi) is 5.48. The first-order chi connectivity index (χ1) is 9.86. The average Bonchev–Trinajstić information content (AvgIpc) is 2.45. The van der Waals surface area contributed by atoms with Gasteiger partial charge in [0.2, 0.25) is 0 Å². The highest BCUT2D eigenvalue weighted by molar-refractivity contribution is 8.13. The lowest BCUT2D eigenvalue weighted by Crippen LogP contribution is -2.47. The summed E-state index contributed by atoms with van der Waals surface area (Å²) in [7, 11) is 1.57. The van der Waals surface area contributed by atoms with Crippen LogP contribution in [0, 0.1) is 0 Å². The topological polar surface area (TPSA) is 55.8 Å². The maximum Gasteiger partial charge on any atom is 0.261 e. The molecule has 1 unspecified atom stereocenters. The highest BCUT2D eigenvalue weighted by Gasteiger charge is 2.22. The van der Waals surface area contributed by atoms with E-state index in [9.17, 15) is 8.42 Å². The molecule has 21 heavy (non-hydrogen) atoms. The molecule has 1 saturated heterocycles. The molecule has 0 bridgehead atoms. The van der Waals surface area contributed by atoms with Gasteiger partial charge in [-0.1, -0.05) is 0 Å². The van der Waals surface area contributed by atoms with Crippen LogP contribution in [0.15, 0.2) is 29.2 Å². The number of morpholine rings is 1. The van der Waals surface area contributed by atoms with Crippen molar-refractivity contribution in [2.24, 2.45) is 0 Å². The van der Waals surface area contributed by atoms with Gasteiger partial charge in [-0.15, -0.1) is 0 Å². The van der Waals surface area contributed by atoms with Crippen molar-refractivity contribution in [1.29, 1.82) is 0 Å². The van der Waals surface area contributed by atoms with E-state index in [4.69, 9.17) is 20.2 Å². The zero-order valence-corrected chi connectivity index (χ0v) is 13.7. The predicted molar refractivity (Wildman–Crippen MR) is 81.4 cm³/mol. The van der Waals surface area contributed by atoms with Gasteiger partial charge in [0.25, 0.3) is 9.05 Å². The molecule has 0 aliphatic carbocycles. The summed E-state index contributed by atoms with van der Waals surface area (Å²) in [5, 5.41) is 0. The van der Waals surface area contributed by atoms with Gasteiger partial charge in [0.1, 0.15) is 18.5 Å². The number of hydrogen-bond acceptors (Lipinski definition) is 5. The largest absolute Gasteiger partial charge is 0.491 e. The van der Waals surface area contributed by atoms with E-state index in [1.54, 1.807) is 12.1 Å². The molecule has 7 heteroatoms. The summed E-state index contributed by atoms with van der Waals surface area (Å²) in [4.78, 5) is 2.41. The molecule has 0 N–H and O–H groups in total. The maximum atomic E-state index is 11.1. The number of halogens is 1. The van der Waals surface area contributed by atoms with E-state index >= 15 is 0 Å². The quantitative estimate of drug-likeness (QED) is 0.772. The van der Waals surface area contributed by atoms with Crippen LogP contribution < -0.4 is 4.74 Å². The first-order valence-electron chi connectivity index (χ1n) is 6.89. The van der Waals surface area contributed by atoms with E-state index in [1.807, 2.05) is 0 Å². The third-order valence-corrected chi connectivity index (χ3v) is 4.81. The lowest BCUT2D eigenvalue weighted by molar-refractivity contribution is -0.0564. The fourth-order valence-corrected chi connectivity index (χ4v) is 2.97. The van der Waals surface area contributed by atoms with Crippen molar-refractivity contribution in [1.82, 2.24) is 4.90 Å². The number of rotatable bonds is 5. The average molecular weight is 334 g/mol. The minimum absolute atomic E-state index is 0.0255. The molecule has 1 aliphatic rings. The van der Waals surface area contributed by atoms with Crippen molar-refractivity contribution in [3.8, 4) is 5.75 Å². The van der Waals surface area contributed by atoms with Gasteiger partial charge in [-0.05, 0) is 38.1 Å². The molecular weight excluding hydrogens is 314 g/mol. The van der Waals surface area contributed by atoms with E-state index in [2.05, 4.69) is 18.7 Å². The minimum atomic E-state index is -3.69. The maximum absolute atomic E-state index is 11.1. The van der Waals surface area contributed by atoms with Crippen LogP contribution in [-0.4, -0.2) is 51.8 Å². The Morgan fingerprint density at radius 1 is 1.38 bits per heavy atom. The molecule has 1 heterocycles. The molecule has 0 saturated carbocycles. The first-order valence-corrected chi connectivity index (χ1v) is 9.20. The lowest BCUT2D eigenvalue weighted by Gasteiger charge is -2.35. The highest BCUT2D eigenvalue weighted by Crippen LogP contribution is 2.19. The normalized spacial score (nSPS) is 20.7. The van der Waals surface area contributed by atoms with Gasteiger partial charge in [-0.3, -0.25) is 4.90 Å². The predicted octanol–water partition coefficient (Wildman–Crippen LogP) is 2.10. The summed E-state index contributed by atoms with van der Waals surface area (Å²) in [6, 6.07) is 6.54. The number of ether oxygens (including phenoxy) is 2. The van der Waals surface area contributed by atoms with Gasteiger partial charge < -0.3 is 9.47 Å². The summed E-state index contributed by atoms with van der Waals surface area (Å²) < 4.78 is 33.6. The van der Waals surface area contributed by atoms with Crippen LogP contribution in [-0.2, 0) is 13.8 Å². The van der Waals surface area contributed by atoms with Crippen molar-refractivity contribution in [2.45, 2.75) is 30.9 Å². The number of nitrogens with zero attached hydrogens (tertiary/aromatic N) is 1. The van der Waals surface area contributed by atoms with E-state index in [1.165, 1.54) is 12.1 Å². The van der Waals surface area contributed by atoms with Crippen LogP contribution in [0.3, 0.4) is 0 Å². The summed E-state index contributed by atoms with van der Waals surface area (Å²) >= 11 is 0. The van der Waals surface area contributed by atoms with Gasteiger partial charge in [-0.25, -0.2) is 8.42 Å². The Hall–Kier alpha value is -0.820. The van der Waals surface area contributed by atoms with Crippen molar-refractivity contribution < 1.29 is 17.9 Å². The highest BCUT2D eigenvalue weighted by atomic mass is 35.7. The zero-order chi connectivity index (χ0) is 15.5. The Labute approximate surface area is 130 Å². The van der Waals surface area contributed by atoms with E-state index in [0.29, 0.717) is 25.0 Å². The lowest BCUT2D eigenvalue weighted by atomic mass is 10.2. The Morgan fingerprint density at radius 3 is 2.62 bits per heavy atom. The van der Waals surface area contributed by atoms with Gasteiger partial charge >= 0.3 is 0 Å². The summed E-state index contributed by atoms with van der Waals surface area (Å²) in [6.07, 6.45) is 0.0255. The molecule has 1 aromatic rings. The second kappa shape index (κ2) is 6.96. The van der Waals surface area contributed by atoms with Crippen LogP contribution in [0.2, 0.25) is 0 Å². The molecule has 1 atom stereocenters. The number of hydrogen-bond donors (Lipinski definition) is 0. The van der Waals surface area contributed by atoms with Crippen molar-refractivity contribution in [2.75, 3.05) is 26.3 Å². The SMILES string of the molecule is CC(C)N1CCOC(COc2ccc(S(=O)(=O)Cl)cc2)C1. The molecule has 118 valence electrons. The van der Waals surface area contributed by atoms with Gasteiger partial charge in [-0.2, -0.15) is 0 Å². The van der Waals surface area contributed by atoms with Crippen molar-refractivity contribution >= 4 is 19.7 Å². The molecular formula is C14H20ClNO4S.